The first-order valence-corrected chi connectivity index (χ1v) is 11.7. The molecule has 0 saturated carbocycles. The Morgan fingerprint density at radius 3 is 2.03 bits per heavy atom. The second kappa shape index (κ2) is 6.04. The van der Waals surface area contributed by atoms with E-state index in [1.54, 1.807) is 0 Å². The van der Waals surface area contributed by atoms with Gasteiger partial charge < -0.3 is 0 Å². The van der Waals surface area contributed by atoms with Crippen LogP contribution in [0, 0.1) is 0 Å². The quantitative estimate of drug-likeness (QED) is 0.213. The van der Waals surface area contributed by atoms with Crippen molar-refractivity contribution in [3.63, 3.8) is 0 Å². The zero-order valence-electron chi connectivity index (χ0n) is 15.9. The van der Waals surface area contributed by atoms with E-state index < -0.39 is 0 Å². The van der Waals surface area contributed by atoms with E-state index >= 15 is 0 Å². The molecule has 0 spiro atoms. The van der Waals surface area contributed by atoms with Gasteiger partial charge in [-0.3, -0.25) is 0 Å². The molecule has 0 aliphatic carbocycles. The minimum atomic E-state index is 1.13. The van der Waals surface area contributed by atoms with Crippen LogP contribution in [0.3, 0.4) is 0 Å². The van der Waals surface area contributed by atoms with Crippen molar-refractivity contribution >= 4 is 79.8 Å². The van der Waals surface area contributed by atoms with E-state index in [1.807, 2.05) is 11.3 Å². The molecule has 0 N–H and O–H groups in total. The van der Waals surface area contributed by atoms with Crippen molar-refractivity contribution in [3.8, 4) is 11.1 Å². The number of hydrogen-bond donors (Lipinski definition) is 0. The maximum Gasteiger partial charge on any atom is 0.0356 e. The second-order valence-corrected chi connectivity index (χ2v) is 9.92. The van der Waals surface area contributed by atoms with Crippen molar-refractivity contribution in [2.75, 3.05) is 0 Å². The van der Waals surface area contributed by atoms with Gasteiger partial charge in [-0.15, -0.1) is 11.3 Å². The molecule has 0 aliphatic rings. The lowest BCUT2D eigenvalue weighted by Gasteiger charge is -2.14. The monoisotopic (exact) mass is 462 g/mol. The number of hydrogen-bond acceptors (Lipinski definition) is 1. The molecule has 0 saturated heterocycles. The Morgan fingerprint density at radius 2 is 1.20 bits per heavy atom. The van der Waals surface area contributed by atoms with Crippen LogP contribution in [0.25, 0.3) is 63.6 Å². The molecule has 1 aromatic heterocycles. The van der Waals surface area contributed by atoms with E-state index in [9.17, 15) is 0 Å². The maximum atomic E-state index is 3.64. The smallest absolute Gasteiger partial charge is 0.0356 e. The van der Waals surface area contributed by atoms with E-state index in [-0.39, 0.29) is 0 Å². The minimum Gasteiger partial charge on any atom is -0.135 e. The lowest BCUT2D eigenvalue weighted by atomic mass is 9.89. The van der Waals surface area contributed by atoms with Crippen molar-refractivity contribution in [2.24, 2.45) is 0 Å². The molecule has 7 aromatic rings. The van der Waals surface area contributed by atoms with Gasteiger partial charge >= 0.3 is 0 Å². The molecule has 1 heterocycles. The molecule has 0 nitrogen and oxygen atoms in total. The van der Waals surface area contributed by atoms with Gasteiger partial charge in [-0.05, 0) is 73.8 Å². The normalized spacial score (nSPS) is 12.2. The Kier molecular flexibility index (Phi) is 3.38. The van der Waals surface area contributed by atoms with E-state index in [4.69, 9.17) is 0 Å². The fourth-order valence-electron chi connectivity index (χ4n) is 4.90. The third kappa shape index (κ3) is 2.26. The summed E-state index contributed by atoms with van der Waals surface area (Å²) in [4.78, 5) is 0. The van der Waals surface area contributed by atoms with Crippen LogP contribution in [0.15, 0.2) is 95.5 Å². The lowest BCUT2D eigenvalue weighted by Crippen LogP contribution is -1.87. The summed E-state index contributed by atoms with van der Waals surface area (Å²) in [5.41, 5.74) is 2.58. The minimum absolute atomic E-state index is 1.13. The van der Waals surface area contributed by atoms with Gasteiger partial charge in [0, 0.05) is 24.6 Å². The predicted octanol–water partition coefficient (Wildman–Crippen LogP) is 9.38. The zero-order valence-corrected chi connectivity index (χ0v) is 18.3. The number of benzene rings is 6. The highest BCUT2D eigenvalue weighted by molar-refractivity contribution is 9.10. The molecule has 0 radical (unpaired) electrons. The molecule has 0 atom stereocenters. The van der Waals surface area contributed by atoms with Gasteiger partial charge in [-0.1, -0.05) is 76.6 Å². The highest BCUT2D eigenvalue weighted by Crippen LogP contribution is 2.42. The van der Waals surface area contributed by atoms with Crippen molar-refractivity contribution in [1.82, 2.24) is 0 Å². The fourth-order valence-corrected chi connectivity index (χ4v) is 6.33. The molecular weight excluding hydrogens is 448 g/mol. The molecular formula is C28H15BrS. The molecule has 0 bridgehead atoms. The van der Waals surface area contributed by atoms with Crippen molar-refractivity contribution in [3.05, 3.63) is 95.5 Å². The predicted molar refractivity (Wildman–Crippen MR) is 136 cm³/mol. The summed E-state index contributed by atoms with van der Waals surface area (Å²) in [6.45, 7) is 0. The molecule has 0 aliphatic heterocycles. The van der Waals surface area contributed by atoms with Gasteiger partial charge in [0.2, 0.25) is 0 Å². The first kappa shape index (κ1) is 16.8. The van der Waals surface area contributed by atoms with Gasteiger partial charge in [0.05, 0.1) is 0 Å². The van der Waals surface area contributed by atoms with Crippen molar-refractivity contribution in [1.29, 1.82) is 0 Å². The van der Waals surface area contributed by atoms with Crippen molar-refractivity contribution < 1.29 is 0 Å². The summed E-state index contributed by atoms with van der Waals surface area (Å²) in [5.74, 6) is 0. The Morgan fingerprint density at radius 1 is 0.533 bits per heavy atom. The van der Waals surface area contributed by atoms with Crippen LogP contribution in [-0.2, 0) is 0 Å². The summed E-state index contributed by atoms with van der Waals surface area (Å²) in [7, 11) is 0. The molecule has 2 heteroatoms. The van der Waals surface area contributed by atoms with E-state index in [2.05, 4.69) is 107 Å². The summed E-state index contributed by atoms with van der Waals surface area (Å²) in [5, 5.41) is 10.7. The summed E-state index contributed by atoms with van der Waals surface area (Å²) < 4.78 is 3.80. The van der Waals surface area contributed by atoms with Crippen LogP contribution in [-0.4, -0.2) is 0 Å². The zero-order chi connectivity index (χ0) is 19.8. The molecule has 140 valence electrons. The SMILES string of the molecule is Brc1ccc2sc3ccc(-c4ccc5ccc6cccc7ccc4c5c67)cc3c2c1. The van der Waals surface area contributed by atoms with Crippen LogP contribution in [0.5, 0.6) is 0 Å². The molecule has 0 amide bonds. The van der Waals surface area contributed by atoms with Crippen LogP contribution in [0.4, 0.5) is 0 Å². The molecule has 30 heavy (non-hydrogen) atoms. The topological polar surface area (TPSA) is 0 Å². The Balaban J connectivity index is 1.58. The van der Waals surface area contributed by atoms with Gasteiger partial charge in [-0.25, -0.2) is 0 Å². The second-order valence-electron chi connectivity index (χ2n) is 7.92. The Hall–Kier alpha value is -2.94. The van der Waals surface area contributed by atoms with Gasteiger partial charge in [0.25, 0.3) is 0 Å². The van der Waals surface area contributed by atoms with E-state index in [0.29, 0.717) is 0 Å². The van der Waals surface area contributed by atoms with Crippen LogP contribution in [0.1, 0.15) is 0 Å². The highest BCUT2D eigenvalue weighted by Gasteiger charge is 2.13. The van der Waals surface area contributed by atoms with Gasteiger partial charge in [0.1, 0.15) is 0 Å². The molecule has 6 aromatic carbocycles. The van der Waals surface area contributed by atoms with Crippen LogP contribution in [0.2, 0.25) is 0 Å². The van der Waals surface area contributed by atoms with E-state index in [1.165, 1.54) is 63.6 Å². The molecule has 7 rings (SSSR count). The third-order valence-corrected chi connectivity index (χ3v) is 7.92. The molecule has 0 fully saturated rings. The number of rotatable bonds is 1. The summed E-state index contributed by atoms with van der Waals surface area (Å²) in [6, 6.07) is 33.7. The number of fused-ring (bicyclic) bond motifs is 3. The van der Waals surface area contributed by atoms with Crippen molar-refractivity contribution in [2.45, 2.75) is 0 Å². The van der Waals surface area contributed by atoms with Crippen LogP contribution >= 0.6 is 27.3 Å². The van der Waals surface area contributed by atoms with Gasteiger partial charge in [0.15, 0.2) is 0 Å². The first-order chi connectivity index (χ1) is 14.8. The Bertz CT molecular complexity index is 1740. The third-order valence-electron chi connectivity index (χ3n) is 6.27. The fraction of sp³-hybridized carbons (Fsp3) is 0. The Labute approximate surface area is 185 Å². The van der Waals surface area contributed by atoms with E-state index in [0.717, 1.165) is 4.47 Å². The number of halogens is 1. The summed E-state index contributed by atoms with van der Waals surface area (Å²) in [6.07, 6.45) is 0. The summed E-state index contributed by atoms with van der Waals surface area (Å²) >= 11 is 5.50. The average molecular weight is 463 g/mol. The first-order valence-electron chi connectivity index (χ1n) is 10.0. The van der Waals surface area contributed by atoms with Gasteiger partial charge in [-0.2, -0.15) is 0 Å². The largest absolute Gasteiger partial charge is 0.135 e. The van der Waals surface area contributed by atoms with Crippen LogP contribution < -0.4 is 0 Å². The highest BCUT2D eigenvalue weighted by atomic mass is 79.9. The average Bonchev–Trinajstić information content (AvgIpc) is 3.14. The lowest BCUT2D eigenvalue weighted by molar-refractivity contribution is 1.72. The number of thiophene rings is 1. The maximum absolute atomic E-state index is 3.64. The molecule has 0 unspecified atom stereocenters. The standard InChI is InChI=1S/C28H15BrS/c29-20-9-13-26-24(15-20)23-14-19(8-12-25(23)30-26)21-10-6-18-5-4-16-2-1-3-17-7-11-22(21)28(18)27(16)17/h1-15H.